The Kier molecular flexibility index (Phi) is 3.46. The van der Waals surface area contributed by atoms with Gasteiger partial charge in [-0.3, -0.25) is 4.79 Å². The molecular weight excluding hydrogens is 240 g/mol. The minimum absolute atomic E-state index is 0.116. The van der Waals surface area contributed by atoms with Crippen molar-refractivity contribution in [3.8, 4) is 0 Å². The van der Waals surface area contributed by atoms with E-state index in [4.69, 9.17) is 0 Å². The molecule has 3 heterocycles. The molecule has 0 spiro atoms. The molecule has 5 heteroatoms. The fourth-order valence-corrected chi connectivity index (χ4v) is 2.48. The van der Waals surface area contributed by atoms with Crippen LogP contribution < -0.4 is 10.6 Å². The Hall–Kier alpha value is -1.88. The van der Waals surface area contributed by atoms with Crippen molar-refractivity contribution in [2.45, 2.75) is 19.4 Å². The summed E-state index contributed by atoms with van der Waals surface area (Å²) < 4.78 is 1.96. The number of rotatable bonds is 4. The molecule has 1 atom stereocenters. The van der Waals surface area contributed by atoms with Gasteiger partial charge in [-0.1, -0.05) is 6.07 Å². The molecule has 5 nitrogen and oxygen atoms in total. The number of fused-ring (bicyclic) bond motifs is 1. The van der Waals surface area contributed by atoms with E-state index in [2.05, 4.69) is 15.6 Å². The van der Waals surface area contributed by atoms with Crippen LogP contribution in [0.2, 0.25) is 0 Å². The smallest absolute Gasteiger partial charge is 0.220 e. The summed E-state index contributed by atoms with van der Waals surface area (Å²) in [5.41, 5.74) is 1.80. The molecule has 0 bridgehead atoms. The van der Waals surface area contributed by atoms with Gasteiger partial charge in [-0.05, 0) is 37.6 Å². The fourth-order valence-electron chi connectivity index (χ4n) is 2.48. The number of imidazole rings is 1. The molecule has 0 aromatic carbocycles. The minimum Gasteiger partial charge on any atom is -0.350 e. The third kappa shape index (κ3) is 2.93. The van der Waals surface area contributed by atoms with Gasteiger partial charge in [0.15, 0.2) is 0 Å². The first-order valence-electron chi connectivity index (χ1n) is 6.71. The number of hydrogen-bond acceptors (Lipinski definition) is 3. The van der Waals surface area contributed by atoms with Crippen molar-refractivity contribution >= 4 is 11.6 Å². The Labute approximate surface area is 112 Å². The van der Waals surface area contributed by atoms with Crippen molar-refractivity contribution < 1.29 is 4.79 Å². The molecule has 2 N–H and O–H groups in total. The first-order valence-corrected chi connectivity index (χ1v) is 6.71. The largest absolute Gasteiger partial charge is 0.350 e. The third-order valence-electron chi connectivity index (χ3n) is 3.52. The van der Waals surface area contributed by atoms with Crippen molar-refractivity contribution in [2.24, 2.45) is 5.92 Å². The first-order chi connectivity index (χ1) is 9.31. The van der Waals surface area contributed by atoms with Crippen LogP contribution in [0.5, 0.6) is 0 Å². The lowest BCUT2D eigenvalue weighted by Gasteiger charge is -2.07. The second kappa shape index (κ2) is 5.40. The molecule has 100 valence electrons. The highest BCUT2D eigenvalue weighted by molar-refractivity contribution is 5.76. The van der Waals surface area contributed by atoms with Crippen LogP contribution in [0.1, 0.15) is 18.5 Å². The number of pyridine rings is 1. The summed E-state index contributed by atoms with van der Waals surface area (Å²) >= 11 is 0. The number of aromatic nitrogens is 2. The second-order valence-corrected chi connectivity index (χ2v) is 5.04. The molecule has 1 aliphatic heterocycles. The molecule has 2 aromatic heterocycles. The van der Waals surface area contributed by atoms with Crippen LogP contribution in [-0.2, 0) is 11.3 Å². The summed E-state index contributed by atoms with van der Waals surface area (Å²) in [5, 5.41) is 6.22. The van der Waals surface area contributed by atoms with E-state index < -0.39 is 0 Å². The maximum atomic E-state index is 11.8. The van der Waals surface area contributed by atoms with Crippen LogP contribution >= 0.6 is 0 Å². The lowest BCUT2D eigenvalue weighted by molar-refractivity contribution is -0.122. The van der Waals surface area contributed by atoms with E-state index in [0.29, 0.717) is 18.9 Å². The van der Waals surface area contributed by atoms with Gasteiger partial charge >= 0.3 is 0 Å². The molecule has 19 heavy (non-hydrogen) atoms. The van der Waals surface area contributed by atoms with Gasteiger partial charge in [-0.2, -0.15) is 0 Å². The van der Waals surface area contributed by atoms with Gasteiger partial charge in [-0.15, -0.1) is 0 Å². The van der Waals surface area contributed by atoms with E-state index in [1.165, 1.54) is 0 Å². The molecule has 0 unspecified atom stereocenters. The lowest BCUT2D eigenvalue weighted by atomic mass is 10.0. The van der Waals surface area contributed by atoms with E-state index in [0.717, 1.165) is 30.9 Å². The van der Waals surface area contributed by atoms with Gasteiger partial charge in [-0.25, -0.2) is 4.98 Å². The summed E-state index contributed by atoms with van der Waals surface area (Å²) in [6.45, 7) is 2.49. The molecule has 1 amide bonds. The predicted octanol–water partition coefficient (Wildman–Crippen LogP) is 0.950. The van der Waals surface area contributed by atoms with Gasteiger partial charge in [0.25, 0.3) is 0 Å². The Morgan fingerprint density at radius 3 is 3.26 bits per heavy atom. The number of carbonyl (C=O) groups excluding carboxylic acids is 1. The van der Waals surface area contributed by atoms with Crippen molar-refractivity contribution in [2.75, 3.05) is 13.1 Å². The highest BCUT2D eigenvalue weighted by atomic mass is 16.1. The maximum absolute atomic E-state index is 11.8. The van der Waals surface area contributed by atoms with E-state index in [9.17, 15) is 4.79 Å². The van der Waals surface area contributed by atoms with Crippen LogP contribution in [-0.4, -0.2) is 28.4 Å². The summed E-state index contributed by atoms with van der Waals surface area (Å²) in [7, 11) is 0. The second-order valence-electron chi connectivity index (χ2n) is 5.04. The van der Waals surface area contributed by atoms with Crippen LogP contribution in [0.3, 0.4) is 0 Å². The van der Waals surface area contributed by atoms with Crippen LogP contribution in [0, 0.1) is 5.92 Å². The molecule has 0 radical (unpaired) electrons. The third-order valence-corrected chi connectivity index (χ3v) is 3.52. The highest BCUT2D eigenvalue weighted by Crippen LogP contribution is 2.11. The van der Waals surface area contributed by atoms with E-state index >= 15 is 0 Å². The highest BCUT2D eigenvalue weighted by Gasteiger charge is 2.17. The summed E-state index contributed by atoms with van der Waals surface area (Å²) in [6.07, 6.45) is 5.62. The molecule has 1 fully saturated rings. The minimum atomic E-state index is 0.116. The quantitative estimate of drug-likeness (QED) is 0.858. The van der Waals surface area contributed by atoms with Crippen molar-refractivity contribution in [1.29, 1.82) is 0 Å². The van der Waals surface area contributed by atoms with Crippen LogP contribution in [0.4, 0.5) is 0 Å². The number of carbonyl (C=O) groups is 1. The van der Waals surface area contributed by atoms with E-state index in [1.807, 2.05) is 35.0 Å². The number of amides is 1. The number of hydrogen-bond donors (Lipinski definition) is 2. The summed E-state index contributed by atoms with van der Waals surface area (Å²) in [5.74, 6) is 0.604. The fraction of sp³-hybridized carbons (Fsp3) is 0.429. The molecular formula is C14H18N4O. The Bertz CT molecular complexity index is 539. The molecule has 0 aliphatic carbocycles. The SMILES string of the molecule is O=C(C[C@H]1CCNC1)NCc1cn2ccccc2n1. The average Bonchev–Trinajstić information content (AvgIpc) is 3.04. The Morgan fingerprint density at radius 2 is 2.47 bits per heavy atom. The molecule has 1 aliphatic rings. The van der Waals surface area contributed by atoms with Gasteiger partial charge in [0.1, 0.15) is 5.65 Å². The van der Waals surface area contributed by atoms with E-state index in [1.54, 1.807) is 0 Å². The molecule has 1 saturated heterocycles. The topological polar surface area (TPSA) is 58.4 Å². The zero-order valence-corrected chi connectivity index (χ0v) is 10.8. The molecule has 3 rings (SSSR count). The normalized spacial score (nSPS) is 18.8. The molecule has 2 aromatic rings. The van der Waals surface area contributed by atoms with Crippen molar-refractivity contribution in [1.82, 2.24) is 20.0 Å². The monoisotopic (exact) mass is 258 g/mol. The molecule has 0 saturated carbocycles. The van der Waals surface area contributed by atoms with Crippen LogP contribution in [0.15, 0.2) is 30.6 Å². The number of nitrogens with zero attached hydrogens (tertiary/aromatic N) is 2. The summed E-state index contributed by atoms with van der Waals surface area (Å²) in [4.78, 5) is 16.3. The Balaban J connectivity index is 1.54. The zero-order valence-electron chi connectivity index (χ0n) is 10.8. The maximum Gasteiger partial charge on any atom is 0.220 e. The van der Waals surface area contributed by atoms with Crippen LogP contribution in [0.25, 0.3) is 5.65 Å². The predicted molar refractivity (Wildman–Crippen MR) is 72.6 cm³/mol. The van der Waals surface area contributed by atoms with E-state index in [-0.39, 0.29) is 5.91 Å². The lowest BCUT2D eigenvalue weighted by Crippen LogP contribution is -2.26. The van der Waals surface area contributed by atoms with Gasteiger partial charge in [0.05, 0.1) is 12.2 Å². The Morgan fingerprint density at radius 1 is 1.53 bits per heavy atom. The van der Waals surface area contributed by atoms with Gasteiger partial charge in [0, 0.05) is 18.8 Å². The standard InChI is InChI=1S/C14H18N4O/c19-14(7-11-4-5-15-8-11)16-9-12-10-18-6-2-1-3-13(18)17-12/h1-3,6,10-11,15H,4-5,7-9H2,(H,16,19)/t11-/m1/s1. The van der Waals surface area contributed by atoms with Gasteiger partial charge in [0.2, 0.25) is 5.91 Å². The average molecular weight is 258 g/mol. The zero-order chi connectivity index (χ0) is 13.1. The van der Waals surface area contributed by atoms with Crippen molar-refractivity contribution in [3.05, 3.63) is 36.3 Å². The van der Waals surface area contributed by atoms with Gasteiger partial charge < -0.3 is 15.0 Å². The van der Waals surface area contributed by atoms with Crippen molar-refractivity contribution in [3.63, 3.8) is 0 Å². The number of nitrogens with one attached hydrogen (secondary N) is 2. The summed E-state index contributed by atoms with van der Waals surface area (Å²) in [6, 6.07) is 5.87. The first kappa shape index (κ1) is 12.2.